The zero-order valence-electron chi connectivity index (χ0n) is 12.4. The SMILES string of the molecule is CNCCNC(=O)CCS(=O)(=O)c1ccc2c(c1)OCCO2. The van der Waals surface area contributed by atoms with Crippen LogP contribution in [-0.2, 0) is 14.6 Å². The Kier molecular flexibility index (Phi) is 5.62. The molecule has 1 aromatic carbocycles. The molecule has 7 nitrogen and oxygen atoms in total. The molecular formula is C14H20N2O5S. The number of amides is 1. The molecular weight excluding hydrogens is 308 g/mol. The van der Waals surface area contributed by atoms with E-state index in [1.54, 1.807) is 13.1 Å². The van der Waals surface area contributed by atoms with E-state index in [4.69, 9.17) is 9.47 Å². The van der Waals surface area contributed by atoms with Gasteiger partial charge in [0.1, 0.15) is 13.2 Å². The number of hydrogen-bond acceptors (Lipinski definition) is 6. The van der Waals surface area contributed by atoms with Gasteiger partial charge in [-0.15, -0.1) is 0 Å². The fourth-order valence-corrected chi connectivity index (χ4v) is 3.23. The van der Waals surface area contributed by atoms with E-state index in [1.807, 2.05) is 0 Å². The van der Waals surface area contributed by atoms with E-state index in [1.165, 1.54) is 12.1 Å². The molecule has 0 aromatic heterocycles. The van der Waals surface area contributed by atoms with Gasteiger partial charge in [0.25, 0.3) is 0 Å². The van der Waals surface area contributed by atoms with Crippen molar-refractivity contribution in [2.24, 2.45) is 0 Å². The number of likely N-dealkylation sites (N-methyl/N-ethyl adjacent to an activating group) is 1. The van der Waals surface area contributed by atoms with Crippen LogP contribution >= 0.6 is 0 Å². The van der Waals surface area contributed by atoms with E-state index in [0.717, 1.165) is 0 Å². The first-order valence-electron chi connectivity index (χ1n) is 7.06. The van der Waals surface area contributed by atoms with E-state index < -0.39 is 9.84 Å². The number of hydrogen-bond donors (Lipinski definition) is 2. The average Bonchev–Trinajstić information content (AvgIpc) is 2.53. The summed E-state index contributed by atoms with van der Waals surface area (Å²) in [5.74, 6) is 0.440. The van der Waals surface area contributed by atoms with Crippen molar-refractivity contribution in [3.8, 4) is 11.5 Å². The molecule has 1 amide bonds. The number of carbonyl (C=O) groups is 1. The normalized spacial score (nSPS) is 13.7. The van der Waals surface area contributed by atoms with Gasteiger partial charge < -0.3 is 20.1 Å². The highest BCUT2D eigenvalue weighted by atomic mass is 32.2. The topological polar surface area (TPSA) is 93.7 Å². The molecule has 0 fully saturated rings. The van der Waals surface area contributed by atoms with Crippen molar-refractivity contribution >= 4 is 15.7 Å². The maximum atomic E-state index is 12.3. The maximum absolute atomic E-state index is 12.3. The third-order valence-electron chi connectivity index (χ3n) is 3.17. The minimum absolute atomic E-state index is 0.0690. The highest BCUT2D eigenvalue weighted by molar-refractivity contribution is 7.91. The van der Waals surface area contributed by atoms with Crippen LogP contribution in [0.15, 0.2) is 23.1 Å². The minimum Gasteiger partial charge on any atom is -0.486 e. The molecule has 1 heterocycles. The lowest BCUT2D eigenvalue weighted by molar-refractivity contribution is -0.120. The van der Waals surface area contributed by atoms with Crippen LogP contribution in [0.25, 0.3) is 0 Å². The summed E-state index contributed by atoms with van der Waals surface area (Å²) in [6.45, 7) is 1.95. The van der Waals surface area contributed by atoms with Crippen molar-refractivity contribution in [3.63, 3.8) is 0 Å². The molecule has 1 aromatic rings. The quantitative estimate of drug-likeness (QED) is 0.682. The largest absolute Gasteiger partial charge is 0.486 e. The van der Waals surface area contributed by atoms with Crippen molar-refractivity contribution in [1.82, 2.24) is 10.6 Å². The molecule has 0 saturated heterocycles. The number of rotatable bonds is 7. The summed E-state index contributed by atoms with van der Waals surface area (Å²) in [7, 11) is -1.76. The number of sulfone groups is 1. The van der Waals surface area contributed by atoms with Crippen LogP contribution in [0.3, 0.4) is 0 Å². The van der Waals surface area contributed by atoms with Crippen molar-refractivity contribution in [2.75, 3.05) is 39.1 Å². The molecule has 0 atom stereocenters. The molecule has 0 spiro atoms. The summed E-state index contributed by atoms with van der Waals surface area (Å²) >= 11 is 0. The van der Waals surface area contributed by atoms with Crippen molar-refractivity contribution in [1.29, 1.82) is 0 Å². The molecule has 1 aliphatic heterocycles. The summed E-state index contributed by atoms with van der Waals surface area (Å²) in [6, 6.07) is 4.50. The Balaban J connectivity index is 1.97. The van der Waals surface area contributed by atoms with Crippen LogP contribution < -0.4 is 20.1 Å². The van der Waals surface area contributed by atoms with Crippen LogP contribution in [-0.4, -0.2) is 53.4 Å². The molecule has 8 heteroatoms. The second kappa shape index (κ2) is 7.46. The summed E-state index contributed by atoms with van der Waals surface area (Å²) in [5, 5.41) is 5.54. The predicted molar refractivity (Wildman–Crippen MR) is 81.0 cm³/mol. The fraction of sp³-hybridized carbons (Fsp3) is 0.500. The standard InChI is InChI=1S/C14H20N2O5S/c1-15-5-6-16-14(17)4-9-22(18,19)11-2-3-12-13(10-11)21-8-7-20-12/h2-3,10,15H,4-9H2,1H3,(H,16,17). The Bertz CT molecular complexity index is 630. The monoisotopic (exact) mass is 328 g/mol. The van der Waals surface area contributed by atoms with Crippen molar-refractivity contribution in [3.05, 3.63) is 18.2 Å². The summed E-state index contributed by atoms with van der Waals surface area (Å²) in [6.07, 6.45) is -0.0690. The molecule has 2 N–H and O–H groups in total. The Labute approximate surface area is 129 Å². The van der Waals surface area contributed by atoms with E-state index in [0.29, 0.717) is 37.8 Å². The molecule has 0 unspecified atom stereocenters. The Morgan fingerprint density at radius 1 is 1.18 bits per heavy atom. The van der Waals surface area contributed by atoms with Crippen molar-refractivity contribution in [2.45, 2.75) is 11.3 Å². The third-order valence-corrected chi connectivity index (χ3v) is 4.88. The van der Waals surface area contributed by atoms with Gasteiger partial charge in [0, 0.05) is 25.6 Å². The van der Waals surface area contributed by atoms with E-state index in [-0.39, 0.29) is 23.0 Å². The summed E-state index contributed by atoms with van der Waals surface area (Å²) in [4.78, 5) is 11.7. The van der Waals surface area contributed by atoms with Gasteiger partial charge in [0.05, 0.1) is 10.6 Å². The Hall–Kier alpha value is -1.80. The molecule has 2 rings (SSSR count). The lowest BCUT2D eigenvalue weighted by Gasteiger charge is -2.18. The minimum atomic E-state index is -3.53. The second-order valence-electron chi connectivity index (χ2n) is 4.83. The highest BCUT2D eigenvalue weighted by Crippen LogP contribution is 2.32. The number of nitrogens with one attached hydrogen (secondary N) is 2. The summed E-state index contributed by atoms with van der Waals surface area (Å²) in [5.41, 5.74) is 0. The van der Waals surface area contributed by atoms with E-state index >= 15 is 0 Å². The van der Waals surface area contributed by atoms with E-state index in [9.17, 15) is 13.2 Å². The molecule has 0 aliphatic carbocycles. The molecule has 0 radical (unpaired) electrons. The molecule has 122 valence electrons. The molecule has 22 heavy (non-hydrogen) atoms. The molecule has 1 aliphatic rings. The molecule has 0 saturated carbocycles. The number of ether oxygens (including phenoxy) is 2. The van der Waals surface area contributed by atoms with Crippen LogP contribution in [0.1, 0.15) is 6.42 Å². The fourth-order valence-electron chi connectivity index (χ4n) is 1.98. The van der Waals surface area contributed by atoms with Crippen molar-refractivity contribution < 1.29 is 22.7 Å². The van der Waals surface area contributed by atoms with E-state index in [2.05, 4.69) is 10.6 Å². The lowest BCUT2D eigenvalue weighted by atomic mass is 10.3. The Morgan fingerprint density at radius 2 is 1.91 bits per heavy atom. The van der Waals surface area contributed by atoms with Gasteiger partial charge in [-0.25, -0.2) is 8.42 Å². The van der Waals surface area contributed by atoms with Gasteiger partial charge in [-0.3, -0.25) is 4.79 Å². The van der Waals surface area contributed by atoms with Crippen LogP contribution in [0.2, 0.25) is 0 Å². The average molecular weight is 328 g/mol. The number of carbonyl (C=O) groups excluding carboxylic acids is 1. The zero-order valence-corrected chi connectivity index (χ0v) is 13.2. The zero-order chi connectivity index (χ0) is 16.0. The van der Waals surface area contributed by atoms with Crippen LogP contribution in [0.4, 0.5) is 0 Å². The van der Waals surface area contributed by atoms with Gasteiger partial charge in [-0.2, -0.15) is 0 Å². The van der Waals surface area contributed by atoms with Gasteiger partial charge in [0.2, 0.25) is 5.91 Å². The maximum Gasteiger partial charge on any atom is 0.221 e. The predicted octanol–water partition coefficient (Wildman–Crippen LogP) is -0.0428. The van der Waals surface area contributed by atoms with Gasteiger partial charge in [0.15, 0.2) is 21.3 Å². The number of fused-ring (bicyclic) bond motifs is 1. The second-order valence-corrected chi connectivity index (χ2v) is 6.94. The first kappa shape index (κ1) is 16.6. The number of benzene rings is 1. The highest BCUT2D eigenvalue weighted by Gasteiger charge is 2.20. The van der Waals surface area contributed by atoms with Crippen LogP contribution in [0, 0.1) is 0 Å². The van der Waals surface area contributed by atoms with Gasteiger partial charge in [-0.05, 0) is 19.2 Å². The Morgan fingerprint density at radius 3 is 2.64 bits per heavy atom. The van der Waals surface area contributed by atoms with Gasteiger partial charge >= 0.3 is 0 Å². The first-order valence-corrected chi connectivity index (χ1v) is 8.72. The smallest absolute Gasteiger partial charge is 0.221 e. The van der Waals surface area contributed by atoms with Gasteiger partial charge in [-0.1, -0.05) is 0 Å². The molecule has 0 bridgehead atoms. The van der Waals surface area contributed by atoms with Crippen LogP contribution in [0.5, 0.6) is 11.5 Å². The lowest BCUT2D eigenvalue weighted by Crippen LogP contribution is -2.31. The summed E-state index contributed by atoms with van der Waals surface area (Å²) < 4.78 is 35.3. The third kappa shape index (κ3) is 4.35. The first-order chi connectivity index (χ1) is 10.5.